The summed E-state index contributed by atoms with van der Waals surface area (Å²) in [6.07, 6.45) is 13.4. The van der Waals surface area contributed by atoms with Crippen LogP contribution in [0.1, 0.15) is 107 Å². The van der Waals surface area contributed by atoms with E-state index < -0.39 is 0 Å². The Morgan fingerprint density at radius 3 is 2.31 bits per heavy atom. The van der Waals surface area contributed by atoms with Gasteiger partial charge in [0.1, 0.15) is 0 Å². The third-order valence-electron chi connectivity index (χ3n) is 13.0. The van der Waals surface area contributed by atoms with Gasteiger partial charge >= 0.3 is 0 Å². The maximum absolute atomic E-state index is 10.9. The highest BCUT2D eigenvalue weighted by atomic mass is 16.6. The van der Waals surface area contributed by atoms with Crippen LogP contribution in [0, 0.1) is 50.2 Å². The van der Waals surface area contributed by atoms with Crippen LogP contribution in [0.4, 0.5) is 0 Å². The largest absolute Gasteiger partial charge is 0.393 e. The Labute approximate surface area is 197 Å². The molecule has 5 aliphatic carbocycles. The summed E-state index contributed by atoms with van der Waals surface area (Å²) >= 11 is 0. The predicted molar refractivity (Wildman–Crippen MR) is 130 cm³/mol. The lowest BCUT2D eigenvalue weighted by Gasteiger charge is -2.69. The van der Waals surface area contributed by atoms with Crippen molar-refractivity contribution in [3.05, 3.63) is 11.6 Å². The van der Waals surface area contributed by atoms with Crippen LogP contribution in [0.5, 0.6) is 0 Å². The molecule has 32 heavy (non-hydrogen) atoms. The minimum absolute atomic E-state index is 0.00633. The van der Waals surface area contributed by atoms with Crippen molar-refractivity contribution in [2.75, 3.05) is 0 Å². The molecular formula is C30H48O2. The van der Waals surface area contributed by atoms with Gasteiger partial charge in [-0.15, -0.1) is 0 Å². The molecule has 180 valence electrons. The molecule has 0 spiro atoms. The van der Waals surface area contributed by atoms with Gasteiger partial charge in [0, 0.05) is 11.3 Å². The van der Waals surface area contributed by atoms with Crippen molar-refractivity contribution in [2.45, 2.75) is 125 Å². The number of aliphatic hydroxyl groups excluding tert-OH is 1. The number of epoxide rings is 1. The van der Waals surface area contributed by atoms with Crippen molar-refractivity contribution in [1.29, 1.82) is 0 Å². The van der Waals surface area contributed by atoms with E-state index in [2.05, 4.69) is 61.5 Å². The summed E-state index contributed by atoms with van der Waals surface area (Å²) in [4.78, 5) is 0. The molecule has 2 heteroatoms. The van der Waals surface area contributed by atoms with Crippen molar-refractivity contribution in [3.63, 3.8) is 0 Å². The molecule has 5 fully saturated rings. The fraction of sp³-hybridized carbons (Fsp3) is 0.933. The number of hydrogen-bond donors (Lipinski definition) is 1. The lowest BCUT2D eigenvalue weighted by Crippen LogP contribution is -2.65. The number of allylic oxidation sites excluding steroid dienone is 1. The average Bonchev–Trinajstić information content (AvgIpc) is 3.47. The van der Waals surface area contributed by atoms with Gasteiger partial charge in [-0.1, -0.05) is 67.0 Å². The van der Waals surface area contributed by atoms with Crippen LogP contribution >= 0.6 is 0 Å². The highest BCUT2D eigenvalue weighted by Gasteiger charge is 2.77. The van der Waals surface area contributed by atoms with Crippen molar-refractivity contribution < 1.29 is 9.84 Å². The van der Waals surface area contributed by atoms with E-state index in [-0.39, 0.29) is 27.8 Å². The second-order valence-corrected chi connectivity index (χ2v) is 15.6. The van der Waals surface area contributed by atoms with E-state index in [9.17, 15) is 5.11 Å². The summed E-state index contributed by atoms with van der Waals surface area (Å²) in [7, 11) is 0. The summed E-state index contributed by atoms with van der Waals surface area (Å²) in [5, 5.41) is 10.9. The highest BCUT2D eigenvalue weighted by molar-refractivity contribution is 5.40. The maximum Gasteiger partial charge on any atom is 0.0938 e. The first-order valence-corrected chi connectivity index (χ1v) is 13.7. The molecule has 0 bridgehead atoms. The quantitative estimate of drug-likeness (QED) is 0.320. The molecule has 1 N–H and O–H groups in total. The van der Waals surface area contributed by atoms with Crippen LogP contribution < -0.4 is 0 Å². The van der Waals surface area contributed by atoms with E-state index in [1.54, 1.807) is 5.57 Å². The summed E-state index contributed by atoms with van der Waals surface area (Å²) in [5.74, 6) is 1.93. The Morgan fingerprint density at radius 1 is 0.875 bits per heavy atom. The Kier molecular flexibility index (Phi) is 4.20. The van der Waals surface area contributed by atoms with Gasteiger partial charge in [0.25, 0.3) is 0 Å². The molecule has 10 atom stereocenters. The Bertz CT molecular complexity index is 870. The first kappa shape index (κ1) is 22.1. The average molecular weight is 441 g/mol. The SMILES string of the molecule is CC1(C)CC[C@]2(C)CC=C3[C@](C)([C@@H]2C1)[C@H]1O[C@H]1[C@@H]1[C@@]2(C)CC[C@H](O)C(C)(C)[C@@H]2CC[C@@]31C. The van der Waals surface area contributed by atoms with Crippen LogP contribution in [-0.2, 0) is 4.74 Å². The van der Waals surface area contributed by atoms with Crippen molar-refractivity contribution in [3.8, 4) is 0 Å². The molecule has 0 unspecified atom stereocenters. The van der Waals surface area contributed by atoms with Crippen LogP contribution in [0.2, 0.25) is 0 Å². The first-order chi connectivity index (χ1) is 14.7. The summed E-state index contributed by atoms with van der Waals surface area (Å²) in [5.41, 5.74) is 3.40. The number of rotatable bonds is 0. The maximum atomic E-state index is 10.9. The topological polar surface area (TPSA) is 32.8 Å². The van der Waals surface area contributed by atoms with Gasteiger partial charge in [-0.05, 0) is 90.3 Å². The highest BCUT2D eigenvalue weighted by Crippen LogP contribution is 2.78. The van der Waals surface area contributed by atoms with Crippen LogP contribution in [0.15, 0.2) is 11.6 Å². The second-order valence-electron chi connectivity index (χ2n) is 15.6. The zero-order valence-electron chi connectivity index (χ0n) is 22.1. The molecule has 1 saturated heterocycles. The van der Waals surface area contributed by atoms with Gasteiger partial charge in [0.05, 0.1) is 18.3 Å². The number of hydrogen-bond acceptors (Lipinski definition) is 2. The summed E-state index contributed by atoms with van der Waals surface area (Å²) in [6, 6.07) is 0. The number of ether oxygens (including phenoxy) is 1. The molecule has 6 rings (SSSR count). The van der Waals surface area contributed by atoms with E-state index >= 15 is 0 Å². The van der Waals surface area contributed by atoms with E-state index in [0.717, 1.165) is 18.8 Å². The Morgan fingerprint density at radius 2 is 1.59 bits per heavy atom. The van der Waals surface area contributed by atoms with Gasteiger partial charge in [0.2, 0.25) is 0 Å². The summed E-state index contributed by atoms with van der Waals surface area (Å²) < 4.78 is 6.85. The van der Waals surface area contributed by atoms with Gasteiger partial charge in [-0.2, -0.15) is 0 Å². The molecule has 1 heterocycles. The summed E-state index contributed by atoms with van der Waals surface area (Å²) in [6.45, 7) is 20.1. The zero-order valence-corrected chi connectivity index (χ0v) is 22.1. The molecule has 6 aliphatic rings. The lowest BCUT2D eigenvalue weighted by molar-refractivity contribution is -0.178. The van der Waals surface area contributed by atoms with Crippen LogP contribution in [-0.4, -0.2) is 23.4 Å². The fourth-order valence-corrected chi connectivity index (χ4v) is 11.2. The molecule has 0 aromatic rings. The van der Waals surface area contributed by atoms with E-state index in [1.165, 1.54) is 38.5 Å². The van der Waals surface area contributed by atoms with Crippen molar-refractivity contribution >= 4 is 0 Å². The third kappa shape index (κ3) is 2.45. The third-order valence-corrected chi connectivity index (χ3v) is 13.0. The van der Waals surface area contributed by atoms with Crippen LogP contribution in [0.3, 0.4) is 0 Å². The predicted octanol–water partition coefficient (Wildman–Crippen LogP) is 7.16. The molecule has 0 radical (unpaired) electrons. The first-order valence-electron chi connectivity index (χ1n) is 13.7. The molecular weight excluding hydrogens is 392 g/mol. The van der Waals surface area contributed by atoms with Gasteiger partial charge in [-0.3, -0.25) is 0 Å². The molecule has 0 aromatic heterocycles. The minimum Gasteiger partial charge on any atom is -0.393 e. The zero-order chi connectivity index (χ0) is 23.1. The number of aliphatic hydroxyl groups is 1. The van der Waals surface area contributed by atoms with Gasteiger partial charge < -0.3 is 9.84 Å². The van der Waals surface area contributed by atoms with Gasteiger partial charge in [-0.25, -0.2) is 0 Å². The monoisotopic (exact) mass is 440 g/mol. The second kappa shape index (κ2) is 6.07. The molecule has 0 amide bonds. The van der Waals surface area contributed by atoms with Crippen molar-refractivity contribution in [2.24, 2.45) is 50.2 Å². The minimum atomic E-state index is -0.159. The molecule has 4 saturated carbocycles. The Balaban J connectivity index is 1.46. The van der Waals surface area contributed by atoms with E-state index in [0.29, 0.717) is 34.9 Å². The number of fused-ring (bicyclic) bond motifs is 10. The van der Waals surface area contributed by atoms with Crippen LogP contribution in [0.25, 0.3) is 0 Å². The fourth-order valence-electron chi connectivity index (χ4n) is 11.2. The van der Waals surface area contributed by atoms with Gasteiger partial charge in [0.15, 0.2) is 0 Å². The van der Waals surface area contributed by atoms with Crippen molar-refractivity contribution in [1.82, 2.24) is 0 Å². The molecule has 0 aromatic carbocycles. The van der Waals surface area contributed by atoms with E-state index in [4.69, 9.17) is 4.74 Å². The standard InChI is InChI=1S/C30H48O2/c1-25(2)15-16-27(5)12-9-19-29(7)13-10-18-26(3,4)21(31)11-14-28(18,6)23(29)22-24(32-22)30(19,8)20(27)17-25/h9,18,20-24,31H,10-17H2,1-8H3/t18-,20+,21-,22-,23+,24-,27-,28-,29-,30+/m0/s1. The molecule has 1 aliphatic heterocycles. The normalized spacial score (nSPS) is 59.5. The molecule has 2 nitrogen and oxygen atoms in total. The smallest absolute Gasteiger partial charge is 0.0938 e. The van der Waals surface area contributed by atoms with E-state index in [1.807, 2.05) is 0 Å². The Hall–Kier alpha value is -0.340. The lowest BCUT2D eigenvalue weighted by atomic mass is 9.35.